The maximum atomic E-state index is 12.9. The van der Waals surface area contributed by atoms with E-state index >= 15 is 0 Å². The highest BCUT2D eigenvalue weighted by molar-refractivity contribution is 7.89. The van der Waals surface area contributed by atoms with Crippen LogP contribution in [0.3, 0.4) is 0 Å². The lowest BCUT2D eigenvalue weighted by Gasteiger charge is -2.20. The second-order valence-electron chi connectivity index (χ2n) is 4.79. The summed E-state index contributed by atoms with van der Waals surface area (Å²) >= 11 is 0. The van der Waals surface area contributed by atoms with Gasteiger partial charge in [0.1, 0.15) is 16.4 Å². The molecule has 1 rings (SSSR count). The fourth-order valence-electron chi connectivity index (χ4n) is 2.27. The summed E-state index contributed by atoms with van der Waals surface area (Å²) in [4.78, 5) is 0.291. The number of aryl methyl sites for hydroxylation is 2. The van der Waals surface area contributed by atoms with Gasteiger partial charge in [0.05, 0.1) is 6.61 Å². The number of furan rings is 1. The van der Waals surface area contributed by atoms with E-state index in [4.69, 9.17) is 9.15 Å². The van der Waals surface area contributed by atoms with Gasteiger partial charge in [0.15, 0.2) is 0 Å². The van der Waals surface area contributed by atoms with Crippen LogP contribution in [0.15, 0.2) is 9.31 Å². The van der Waals surface area contributed by atoms with E-state index in [2.05, 4.69) is 5.32 Å². The van der Waals surface area contributed by atoms with E-state index in [0.717, 1.165) is 6.54 Å². The topological polar surface area (TPSA) is 71.8 Å². The van der Waals surface area contributed by atoms with Crippen LogP contribution >= 0.6 is 0 Å². The van der Waals surface area contributed by atoms with Gasteiger partial charge in [0.25, 0.3) is 0 Å². The van der Waals surface area contributed by atoms with Gasteiger partial charge in [-0.1, -0.05) is 13.8 Å². The molecule has 0 unspecified atom stereocenters. The molecule has 122 valence electrons. The Hall–Kier alpha value is -0.890. The zero-order valence-corrected chi connectivity index (χ0v) is 14.3. The first-order valence-corrected chi connectivity index (χ1v) is 8.62. The molecular formula is C14H26N2O4S. The Kier molecular flexibility index (Phi) is 6.86. The van der Waals surface area contributed by atoms with Crippen LogP contribution in [0.25, 0.3) is 0 Å². The van der Waals surface area contributed by atoms with Gasteiger partial charge in [-0.05, 0) is 20.4 Å². The lowest BCUT2D eigenvalue weighted by Crippen LogP contribution is -2.34. The van der Waals surface area contributed by atoms with Crippen LogP contribution in [0.2, 0.25) is 0 Å². The lowest BCUT2D eigenvalue weighted by molar-refractivity contribution is 0.180. The normalized spacial score (nSPS) is 12.3. The molecule has 0 aliphatic heterocycles. The number of likely N-dealkylation sites (N-methyl/N-ethyl adjacent to an activating group) is 1. The number of rotatable bonds is 9. The zero-order valence-electron chi connectivity index (χ0n) is 13.5. The predicted molar refractivity (Wildman–Crippen MR) is 81.9 cm³/mol. The largest absolute Gasteiger partial charge is 0.465 e. The number of nitrogens with one attached hydrogen (secondary N) is 1. The molecule has 21 heavy (non-hydrogen) atoms. The molecular weight excluding hydrogens is 292 g/mol. The van der Waals surface area contributed by atoms with E-state index in [0.29, 0.717) is 48.2 Å². The van der Waals surface area contributed by atoms with Crippen LogP contribution in [0.5, 0.6) is 0 Å². The third kappa shape index (κ3) is 4.06. The molecule has 0 saturated carbocycles. The fraction of sp³-hybridized carbons (Fsp3) is 0.714. The van der Waals surface area contributed by atoms with E-state index in [1.807, 2.05) is 13.8 Å². The van der Waals surface area contributed by atoms with E-state index in [1.54, 1.807) is 21.0 Å². The second-order valence-corrected chi connectivity index (χ2v) is 6.67. The van der Waals surface area contributed by atoms with Crippen LogP contribution in [0, 0.1) is 13.8 Å². The maximum Gasteiger partial charge on any atom is 0.246 e. The summed E-state index contributed by atoms with van der Waals surface area (Å²) in [5.74, 6) is 1.09. The van der Waals surface area contributed by atoms with Crippen LogP contribution in [0.4, 0.5) is 0 Å². The highest BCUT2D eigenvalue weighted by Crippen LogP contribution is 2.29. The molecule has 0 fully saturated rings. The molecule has 1 aromatic rings. The van der Waals surface area contributed by atoms with Crippen molar-refractivity contribution in [3.8, 4) is 0 Å². The SMILES string of the molecule is CCNCc1c(C)oc(C)c1S(=O)(=O)N(CC)CCOC. The molecule has 1 heterocycles. The van der Waals surface area contributed by atoms with Crippen molar-refractivity contribution in [1.29, 1.82) is 0 Å². The summed E-state index contributed by atoms with van der Waals surface area (Å²) in [6, 6.07) is 0. The van der Waals surface area contributed by atoms with E-state index in [1.165, 1.54) is 4.31 Å². The van der Waals surface area contributed by atoms with Crippen molar-refractivity contribution < 1.29 is 17.6 Å². The molecule has 1 aromatic heterocycles. The average Bonchev–Trinajstić information content (AvgIpc) is 2.71. The third-order valence-corrected chi connectivity index (χ3v) is 5.54. The summed E-state index contributed by atoms with van der Waals surface area (Å²) in [6.07, 6.45) is 0. The molecule has 1 N–H and O–H groups in total. The molecule has 0 aliphatic rings. The first kappa shape index (κ1) is 18.2. The highest BCUT2D eigenvalue weighted by atomic mass is 32.2. The van der Waals surface area contributed by atoms with E-state index in [-0.39, 0.29) is 0 Å². The molecule has 7 heteroatoms. The Morgan fingerprint density at radius 3 is 2.43 bits per heavy atom. The van der Waals surface area contributed by atoms with Crippen LogP contribution in [-0.4, -0.2) is 46.1 Å². The molecule has 0 radical (unpaired) electrons. The van der Waals surface area contributed by atoms with Crippen LogP contribution in [-0.2, 0) is 21.3 Å². The van der Waals surface area contributed by atoms with Gasteiger partial charge in [-0.3, -0.25) is 0 Å². The molecule has 0 aliphatic carbocycles. The smallest absolute Gasteiger partial charge is 0.246 e. The Balaban J connectivity index is 3.22. The van der Waals surface area contributed by atoms with Crippen molar-refractivity contribution >= 4 is 10.0 Å². The van der Waals surface area contributed by atoms with Crippen LogP contribution in [0.1, 0.15) is 30.9 Å². The maximum absolute atomic E-state index is 12.9. The highest BCUT2D eigenvalue weighted by Gasteiger charge is 2.31. The number of hydrogen-bond acceptors (Lipinski definition) is 5. The first-order valence-electron chi connectivity index (χ1n) is 7.18. The average molecular weight is 318 g/mol. The first-order chi connectivity index (χ1) is 9.89. The molecule has 0 spiro atoms. The van der Waals surface area contributed by atoms with Crippen LogP contribution < -0.4 is 5.32 Å². The zero-order chi connectivity index (χ0) is 16.0. The minimum Gasteiger partial charge on any atom is -0.465 e. The summed E-state index contributed by atoms with van der Waals surface area (Å²) in [7, 11) is -2.01. The van der Waals surface area contributed by atoms with Gasteiger partial charge in [0.2, 0.25) is 10.0 Å². The van der Waals surface area contributed by atoms with Crippen molar-refractivity contribution in [1.82, 2.24) is 9.62 Å². The van der Waals surface area contributed by atoms with Gasteiger partial charge in [-0.2, -0.15) is 4.31 Å². The quantitative estimate of drug-likeness (QED) is 0.750. The van der Waals surface area contributed by atoms with Gasteiger partial charge < -0.3 is 14.5 Å². The number of ether oxygens (including phenoxy) is 1. The molecule has 0 saturated heterocycles. The summed E-state index contributed by atoms with van der Waals surface area (Å²) < 4.78 is 37.7. The van der Waals surface area contributed by atoms with Gasteiger partial charge >= 0.3 is 0 Å². The van der Waals surface area contributed by atoms with Crippen molar-refractivity contribution in [3.05, 3.63) is 17.1 Å². The molecule has 0 aromatic carbocycles. The standard InChI is InChI=1S/C14H26N2O4S/c1-6-15-10-13-11(3)20-12(4)14(13)21(17,18)16(7-2)8-9-19-5/h15H,6-10H2,1-5H3. The minimum absolute atomic E-state index is 0.291. The Bertz CT molecular complexity index is 552. The van der Waals surface area contributed by atoms with Gasteiger partial charge in [-0.25, -0.2) is 8.42 Å². The van der Waals surface area contributed by atoms with E-state index in [9.17, 15) is 8.42 Å². The van der Waals surface area contributed by atoms with Crippen molar-refractivity contribution in [2.75, 3.05) is 33.4 Å². The number of methoxy groups -OCH3 is 1. The third-order valence-electron chi connectivity index (χ3n) is 3.37. The molecule has 6 nitrogen and oxygen atoms in total. The Morgan fingerprint density at radius 1 is 1.24 bits per heavy atom. The number of hydrogen-bond donors (Lipinski definition) is 1. The van der Waals surface area contributed by atoms with Crippen molar-refractivity contribution in [2.45, 2.75) is 39.1 Å². The Labute approximate surface area is 127 Å². The molecule has 0 atom stereocenters. The summed E-state index contributed by atoms with van der Waals surface area (Å²) in [6.45, 7) is 9.64. The van der Waals surface area contributed by atoms with E-state index < -0.39 is 10.0 Å². The van der Waals surface area contributed by atoms with Crippen molar-refractivity contribution in [3.63, 3.8) is 0 Å². The summed E-state index contributed by atoms with van der Waals surface area (Å²) in [5, 5.41) is 3.16. The number of sulfonamides is 1. The van der Waals surface area contributed by atoms with Gasteiger partial charge in [-0.15, -0.1) is 0 Å². The molecule has 0 bridgehead atoms. The molecule has 0 amide bonds. The second kappa shape index (κ2) is 7.93. The predicted octanol–water partition coefficient (Wildman–Crippen LogP) is 1.66. The fourth-order valence-corrected chi connectivity index (χ4v) is 4.12. The number of nitrogens with zero attached hydrogens (tertiary/aromatic N) is 1. The summed E-state index contributed by atoms with van der Waals surface area (Å²) in [5.41, 5.74) is 0.713. The van der Waals surface area contributed by atoms with Crippen molar-refractivity contribution in [2.24, 2.45) is 0 Å². The Morgan fingerprint density at radius 2 is 1.90 bits per heavy atom. The lowest BCUT2D eigenvalue weighted by atomic mass is 10.2. The van der Waals surface area contributed by atoms with Gasteiger partial charge in [0, 0.05) is 32.3 Å². The minimum atomic E-state index is -3.57. The monoisotopic (exact) mass is 318 g/mol.